The fraction of sp³-hybridized carbons (Fsp3) is 0.368. The van der Waals surface area contributed by atoms with E-state index in [1.807, 2.05) is 19.2 Å². The minimum Gasteiger partial charge on any atom is -0.497 e. The van der Waals surface area contributed by atoms with E-state index in [1.54, 1.807) is 7.11 Å². The lowest BCUT2D eigenvalue weighted by atomic mass is 9.79. The van der Waals surface area contributed by atoms with Gasteiger partial charge in [-0.2, -0.15) is 0 Å². The smallest absolute Gasteiger partial charge is 0.119 e. The second-order valence-electron chi connectivity index (χ2n) is 5.80. The highest BCUT2D eigenvalue weighted by Gasteiger charge is 2.21. The number of hydrogen-bond donors (Lipinski definition) is 1. The first kappa shape index (κ1) is 14.2. The topological polar surface area (TPSA) is 21.3 Å². The zero-order chi connectivity index (χ0) is 14.7. The predicted molar refractivity (Wildman–Crippen MR) is 86.9 cm³/mol. The average molecular weight is 281 g/mol. The zero-order valence-corrected chi connectivity index (χ0v) is 12.8. The molecule has 3 rings (SSSR count). The van der Waals surface area contributed by atoms with Crippen LogP contribution in [-0.2, 0) is 0 Å². The van der Waals surface area contributed by atoms with E-state index in [-0.39, 0.29) is 6.04 Å². The Morgan fingerprint density at radius 3 is 2.38 bits per heavy atom. The molecule has 0 aliphatic heterocycles. The highest BCUT2D eigenvalue weighted by atomic mass is 16.5. The Bertz CT molecular complexity index is 604. The van der Waals surface area contributed by atoms with Gasteiger partial charge in [-0.3, -0.25) is 0 Å². The summed E-state index contributed by atoms with van der Waals surface area (Å²) in [4.78, 5) is 0. The number of nitrogens with one attached hydrogen (secondary N) is 1. The lowest BCUT2D eigenvalue weighted by Gasteiger charge is -2.27. The van der Waals surface area contributed by atoms with Gasteiger partial charge in [-0.05, 0) is 54.6 Å². The van der Waals surface area contributed by atoms with Crippen molar-refractivity contribution in [2.24, 2.45) is 0 Å². The van der Waals surface area contributed by atoms with Crippen LogP contribution in [-0.4, -0.2) is 14.2 Å². The van der Waals surface area contributed by atoms with Crippen LogP contribution in [0, 0.1) is 0 Å². The largest absolute Gasteiger partial charge is 0.497 e. The number of hydrogen-bond acceptors (Lipinski definition) is 2. The van der Waals surface area contributed by atoms with Gasteiger partial charge in [-0.15, -0.1) is 0 Å². The molecule has 0 aromatic heterocycles. The van der Waals surface area contributed by atoms with Crippen molar-refractivity contribution in [3.05, 3.63) is 65.2 Å². The summed E-state index contributed by atoms with van der Waals surface area (Å²) in [7, 11) is 3.73. The van der Waals surface area contributed by atoms with Crippen LogP contribution < -0.4 is 10.1 Å². The van der Waals surface area contributed by atoms with E-state index in [1.165, 1.54) is 36.0 Å². The third-order valence-electron chi connectivity index (χ3n) is 4.54. The van der Waals surface area contributed by atoms with Crippen LogP contribution in [0.1, 0.15) is 47.9 Å². The molecule has 2 heteroatoms. The van der Waals surface area contributed by atoms with Gasteiger partial charge in [0, 0.05) is 0 Å². The van der Waals surface area contributed by atoms with Crippen LogP contribution in [0.15, 0.2) is 48.5 Å². The van der Waals surface area contributed by atoms with Crippen LogP contribution in [0.2, 0.25) is 0 Å². The molecule has 0 saturated heterocycles. The summed E-state index contributed by atoms with van der Waals surface area (Å²) < 4.78 is 5.35. The molecule has 1 unspecified atom stereocenters. The van der Waals surface area contributed by atoms with Gasteiger partial charge in [0.05, 0.1) is 13.2 Å². The number of rotatable bonds is 5. The summed E-state index contributed by atoms with van der Waals surface area (Å²) >= 11 is 0. The molecule has 1 atom stereocenters. The van der Waals surface area contributed by atoms with Gasteiger partial charge in [0.2, 0.25) is 0 Å². The molecule has 2 aromatic carbocycles. The Morgan fingerprint density at radius 1 is 1.05 bits per heavy atom. The van der Waals surface area contributed by atoms with Crippen molar-refractivity contribution in [2.75, 3.05) is 14.2 Å². The summed E-state index contributed by atoms with van der Waals surface area (Å²) in [6.45, 7) is 0. The van der Waals surface area contributed by atoms with Gasteiger partial charge in [0.25, 0.3) is 0 Å². The molecule has 1 fully saturated rings. The van der Waals surface area contributed by atoms with E-state index >= 15 is 0 Å². The summed E-state index contributed by atoms with van der Waals surface area (Å²) in [5.74, 6) is 1.68. The van der Waals surface area contributed by atoms with E-state index in [4.69, 9.17) is 4.74 Å². The van der Waals surface area contributed by atoms with Crippen molar-refractivity contribution in [1.29, 1.82) is 0 Å². The molecule has 1 N–H and O–H groups in total. The van der Waals surface area contributed by atoms with Gasteiger partial charge in [0.1, 0.15) is 5.75 Å². The molecule has 2 nitrogen and oxygen atoms in total. The summed E-state index contributed by atoms with van der Waals surface area (Å²) in [5, 5.41) is 3.43. The first-order valence-corrected chi connectivity index (χ1v) is 7.73. The maximum absolute atomic E-state index is 5.35. The predicted octanol–water partition coefficient (Wildman–Crippen LogP) is 4.27. The highest BCUT2D eigenvalue weighted by Crippen LogP contribution is 2.37. The fourth-order valence-corrected chi connectivity index (χ4v) is 3.08. The Balaban J connectivity index is 1.91. The normalized spacial score (nSPS) is 16.3. The van der Waals surface area contributed by atoms with E-state index in [2.05, 4.69) is 41.7 Å². The van der Waals surface area contributed by atoms with Crippen molar-refractivity contribution >= 4 is 0 Å². The molecular weight excluding hydrogens is 258 g/mol. The van der Waals surface area contributed by atoms with Gasteiger partial charge in [-0.25, -0.2) is 0 Å². The standard InChI is InChI=1S/C19H23NO/c1-20-19(17-10-5-11-18(13-17)21-2)16-9-4-8-15(12-16)14-6-3-7-14/h4-5,8-14,19-20H,3,6-7H2,1-2H3. The van der Waals surface area contributed by atoms with E-state index in [0.717, 1.165) is 11.7 Å². The second-order valence-corrected chi connectivity index (χ2v) is 5.80. The average Bonchev–Trinajstić information content (AvgIpc) is 2.47. The van der Waals surface area contributed by atoms with E-state index < -0.39 is 0 Å². The molecule has 1 saturated carbocycles. The Labute approximate surface area is 127 Å². The first-order valence-electron chi connectivity index (χ1n) is 7.73. The Hall–Kier alpha value is -1.80. The van der Waals surface area contributed by atoms with Crippen molar-refractivity contribution in [2.45, 2.75) is 31.2 Å². The molecule has 21 heavy (non-hydrogen) atoms. The summed E-state index contributed by atoms with van der Waals surface area (Å²) in [5.41, 5.74) is 4.06. The molecule has 0 bridgehead atoms. The van der Waals surface area contributed by atoms with Gasteiger partial charge >= 0.3 is 0 Å². The van der Waals surface area contributed by atoms with Crippen molar-refractivity contribution in [3.8, 4) is 5.75 Å². The lowest BCUT2D eigenvalue weighted by molar-refractivity contribution is 0.413. The van der Waals surface area contributed by atoms with Crippen LogP contribution >= 0.6 is 0 Å². The molecule has 0 spiro atoms. The van der Waals surface area contributed by atoms with Crippen molar-refractivity contribution < 1.29 is 4.74 Å². The summed E-state index contributed by atoms with van der Waals surface area (Å²) in [6, 6.07) is 17.5. The minimum atomic E-state index is 0.208. The third kappa shape index (κ3) is 2.96. The van der Waals surface area contributed by atoms with Crippen LogP contribution in [0.3, 0.4) is 0 Å². The molecule has 0 heterocycles. The first-order chi connectivity index (χ1) is 10.3. The monoisotopic (exact) mass is 281 g/mol. The maximum Gasteiger partial charge on any atom is 0.119 e. The zero-order valence-electron chi connectivity index (χ0n) is 12.8. The molecule has 1 aliphatic carbocycles. The van der Waals surface area contributed by atoms with Crippen LogP contribution in [0.25, 0.3) is 0 Å². The molecule has 110 valence electrons. The molecular formula is C19H23NO. The van der Waals surface area contributed by atoms with Crippen molar-refractivity contribution in [1.82, 2.24) is 5.32 Å². The van der Waals surface area contributed by atoms with E-state index in [9.17, 15) is 0 Å². The van der Waals surface area contributed by atoms with Gasteiger partial charge < -0.3 is 10.1 Å². The molecule has 1 aliphatic rings. The number of benzene rings is 2. The SMILES string of the molecule is CNC(c1cccc(OC)c1)c1cccc(C2CCC2)c1. The van der Waals surface area contributed by atoms with Gasteiger partial charge in [-0.1, -0.05) is 42.8 Å². The molecule has 2 aromatic rings. The minimum absolute atomic E-state index is 0.208. The van der Waals surface area contributed by atoms with Crippen LogP contribution in [0.4, 0.5) is 0 Å². The fourth-order valence-electron chi connectivity index (χ4n) is 3.08. The highest BCUT2D eigenvalue weighted by molar-refractivity contribution is 5.39. The third-order valence-corrected chi connectivity index (χ3v) is 4.54. The molecule has 0 amide bonds. The lowest BCUT2D eigenvalue weighted by Crippen LogP contribution is -2.18. The van der Waals surface area contributed by atoms with Crippen molar-refractivity contribution in [3.63, 3.8) is 0 Å². The maximum atomic E-state index is 5.35. The van der Waals surface area contributed by atoms with Gasteiger partial charge in [0.15, 0.2) is 0 Å². The van der Waals surface area contributed by atoms with Crippen LogP contribution in [0.5, 0.6) is 5.75 Å². The Morgan fingerprint density at radius 2 is 1.76 bits per heavy atom. The Kier molecular flexibility index (Phi) is 4.26. The number of ether oxygens (including phenoxy) is 1. The number of methoxy groups -OCH3 is 1. The molecule has 0 radical (unpaired) electrons. The summed E-state index contributed by atoms with van der Waals surface area (Å²) in [6.07, 6.45) is 4.06. The quantitative estimate of drug-likeness (QED) is 0.883. The van der Waals surface area contributed by atoms with E-state index in [0.29, 0.717) is 0 Å². The second kappa shape index (κ2) is 6.31.